The highest BCUT2D eigenvalue weighted by molar-refractivity contribution is 7.18. The Hall–Kier alpha value is -1.42. The third-order valence-electron chi connectivity index (χ3n) is 4.05. The number of amides is 1. The highest BCUT2D eigenvalue weighted by atomic mass is 32.1. The SMILES string of the molecule is C[C@H]1C[C@@H]1C(=O)Nc1ccc2nc(C3CC3)sc2c1. The molecular formula is C15H16N2OS. The van der Waals surface area contributed by atoms with E-state index in [1.807, 2.05) is 12.1 Å². The number of aromatic nitrogens is 1. The molecular weight excluding hydrogens is 256 g/mol. The van der Waals surface area contributed by atoms with Gasteiger partial charge in [0, 0.05) is 17.5 Å². The van der Waals surface area contributed by atoms with Crippen molar-refractivity contribution in [1.29, 1.82) is 0 Å². The summed E-state index contributed by atoms with van der Waals surface area (Å²) >= 11 is 1.77. The van der Waals surface area contributed by atoms with E-state index >= 15 is 0 Å². The van der Waals surface area contributed by atoms with Gasteiger partial charge in [0.05, 0.1) is 15.2 Å². The van der Waals surface area contributed by atoms with Crippen molar-refractivity contribution in [3.8, 4) is 0 Å². The number of fused-ring (bicyclic) bond motifs is 1. The molecule has 2 saturated carbocycles. The van der Waals surface area contributed by atoms with Crippen molar-refractivity contribution in [1.82, 2.24) is 4.98 Å². The van der Waals surface area contributed by atoms with Crippen molar-refractivity contribution >= 4 is 33.1 Å². The number of rotatable bonds is 3. The molecule has 2 aromatic rings. The summed E-state index contributed by atoms with van der Waals surface area (Å²) in [4.78, 5) is 16.6. The number of benzene rings is 1. The molecule has 2 fully saturated rings. The van der Waals surface area contributed by atoms with E-state index in [0.29, 0.717) is 11.8 Å². The zero-order valence-corrected chi connectivity index (χ0v) is 11.7. The maximum absolute atomic E-state index is 11.9. The molecule has 3 nitrogen and oxygen atoms in total. The minimum atomic E-state index is 0.166. The van der Waals surface area contributed by atoms with E-state index in [9.17, 15) is 4.79 Å². The summed E-state index contributed by atoms with van der Waals surface area (Å²) < 4.78 is 1.18. The predicted octanol–water partition coefficient (Wildman–Crippen LogP) is 3.77. The summed E-state index contributed by atoms with van der Waals surface area (Å²) in [5, 5.41) is 4.28. The van der Waals surface area contributed by atoms with Crippen LogP contribution in [0, 0.1) is 11.8 Å². The second kappa shape index (κ2) is 4.04. The van der Waals surface area contributed by atoms with Crippen molar-refractivity contribution in [2.45, 2.75) is 32.1 Å². The highest BCUT2D eigenvalue weighted by Crippen LogP contribution is 2.43. The summed E-state index contributed by atoms with van der Waals surface area (Å²) in [6.07, 6.45) is 3.59. The first kappa shape index (κ1) is 11.4. The van der Waals surface area contributed by atoms with Gasteiger partial charge in [0.2, 0.25) is 5.91 Å². The van der Waals surface area contributed by atoms with Gasteiger partial charge >= 0.3 is 0 Å². The predicted molar refractivity (Wildman–Crippen MR) is 77.5 cm³/mol. The van der Waals surface area contributed by atoms with Gasteiger partial charge < -0.3 is 5.32 Å². The van der Waals surface area contributed by atoms with E-state index in [0.717, 1.165) is 17.6 Å². The van der Waals surface area contributed by atoms with E-state index < -0.39 is 0 Å². The minimum absolute atomic E-state index is 0.166. The quantitative estimate of drug-likeness (QED) is 0.924. The average molecular weight is 272 g/mol. The van der Waals surface area contributed by atoms with Crippen molar-refractivity contribution in [2.24, 2.45) is 11.8 Å². The second-order valence-corrected chi connectivity index (χ2v) is 6.88. The number of anilines is 1. The molecule has 1 N–H and O–H groups in total. The Balaban J connectivity index is 1.58. The van der Waals surface area contributed by atoms with Crippen LogP contribution in [0.1, 0.15) is 37.1 Å². The van der Waals surface area contributed by atoms with Gasteiger partial charge in [-0.05, 0) is 43.4 Å². The van der Waals surface area contributed by atoms with Crippen LogP contribution in [0.5, 0.6) is 0 Å². The lowest BCUT2D eigenvalue weighted by molar-refractivity contribution is -0.117. The Morgan fingerprint density at radius 3 is 2.89 bits per heavy atom. The molecule has 98 valence electrons. The number of nitrogens with zero attached hydrogens (tertiary/aromatic N) is 1. The van der Waals surface area contributed by atoms with Crippen LogP contribution in [0.15, 0.2) is 18.2 Å². The van der Waals surface area contributed by atoms with Gasteiger partial charge in [0.15, 0.2) is 0 Å². The molecule has 1 aromatic heterocycles. The molecule has 4 rings (SSSR count). The highest BCUT2D eigenvalue weighted by Gasteiger charge is 2.39. The van der Waals surface area contributed by atoms with Gasteiger partial charge in [-0.15, -0.1) is 11.3 Å². The molecule has 0 aliphatic heterocycles. The summed E-state index contributed by atoms with van der Waals surface area (Å²) in [5.41, 5.74) is 1.97. The Kier molecular flexibility index (Phi) is 2.42. The van der Waals surface area contributed by atoms with Gasteiger partial charge in [-0.1, -0.05) is 6.92 Å². The largest absolute Gasteiger partial charge is 0.326 e. The van der Waals surface area contributed by atoms with Crippen molar-refractivity contribution in [2.75, 3.05) is 5.32 Å². The third-order valence-corrected chi connectivity index (χ3v) is 5.23. The number of thiazole rings is 1. The Labute approximate surface area is 116 Å². The molecule has 0 bridgehead atoms. The van der Waals surface area contributed by atoms with Gasteiger partial charge in [-0.25, -0.2) is 4.98 Å². The smallest absolute Gasteiger partial charge is 0.227 e. The Morgan fingerprint density at radius 1 is 1.42 bits per heavy atom. The number of carbonyl (C=O) groups excluding carboxylic acids is 1. The molecule has 0 spiro atoms. The van der Waals surface area contributed by atoms with E-state index in [1.165, 1.54) is 22.5 Å². The van der Waals surface area contributed by atoms with Crippen molar-refractivity contribution in [3.63, 3.8) is 0 Å². The summed E-state index contributed by atoms with van der Waals surface area (Å²) in [6, 6.07) is 6.04. The summed E-state index contributed by atoms with van der Waals surface area (Å²) in [6.45, 7) is 2.12. The van der Waals surface area contributed by atoms with E-state index in [4.69, 9.17) is 0 Å². The molecule has 1 aromatic carbocycles. The first-order valence-electron chi connectivity index (χ1n) is 6.92. The van der Waals surface area contributed by atoms with Gasteiger partial charge in [-0.2, -0.15) is 0 Å². The van der Waals surface area contributed by atoms with Gasteiger partial charge in [0.1, 0.15) is 0 Å². The van der Waals surface area contributed by atoms with E-state index in [1.54, 1.807) is 11.3 Å². The first-order chi connectivity index (χ1) is 9.20. The van der Waals surface area contributed by atoms with Crippen LogP contribution >= 0.6 is 11.3 Å². The minimum Gasteiger partial charge on any atom is -0.326 e. The molecule has 0 saturated heterocycles. The fourth-order valence-electron chi connectivity index (χ4n) is 2.45. The van der Waals surface area contributed by atoms with Gasteiger partial charge in [0.25, 0.3) is 0 Å². The number of nitrogens with one attached hydrogen (secondary N) is 1. The normalized spacial score (nSPS) is 25.5. The average Bonchev–Trinajstić information content (AvgIpc) is 3.29. The summed E-state index contributed by atoms with van der Waals surface area (Å²) in [5.74, 6) is 1.63. The second-order valence-electron chi connectivity index (χ2n) is 5.82. The molecule has 2 aliphatic rings. The van der Waals surface area contributed by atoms with Crippen LogP contribution in [-0.4, -0.2) is 10.9 Å². The zero-order chi connectivity index (χ0) is 13.0. The van der Waals surface area contributed by atoms with Crippen LogP contribution in [0.4, 0.5) is 5.69 Å². The molecule has 4 heteroatoms. The summed E-state index contributed by atoms with van der Waals surface area (Å²) in [7, 11) is 0. The van der Waals surface area contributed by atoms with E-state index in [2.05, 4.69) is 23.3 Å². The van der Waals surface area contributed by atoms with Crippen molar-refractivity contribution in [3.05, 3.63) is 23.2 Å². The standard InChI is InChI=1S/C15H16N2OS/c1-8-6-11(8)14(18)16-10-4-5-12-13(7-10)19-15(17-12)9-2-3-9/h4-5,7-9,11H,2-3,6H2,1H3,(H,16,18)/t8-,11-/m0/s1. The topological polar surface area (TPSA) is 42.0 Å². The molecule has 2 aliphatic carbocycles. The molecule has 0 unspecified atom stereocenters. The monoisotopic (exact) mass is 272 g/mol. The van der Waals surface area contributed by atoms with Crippen LogP contribution in [0.3, 0.4) is 0 Å². The zero-order valence-electron chi connectivity index (χ0n) is 10.8. The van der Waals surface area contributed by atoms with Gasteiger partial charge in [-0.3, -0.25) is 4.79 Å². The molecule has 2 atom stereocenters. The first-order valence-corrected chi connectivity index (χ1v) is 7.74. The molecule has 1 amide bonds. The molecule has 0 radical (unpaired) electrons. The fourth-order valence-corrected chi connectivity index (χ4v) is 3.62. The molecule has 19 heavy (non-hydrogen) atoms. The van der Waals surface area contributed by atoms with Crippen LogP contribution in [-0.2, 0) is 4.79 Å². The number of carbonyl (C=O) groups is 1. The lowest BCUT2D eigenvalue weighted by atomic mass is 10.2. The van der Waals surface area contributed by atoms with E-state index in [-0.39, 0.29) is 11.8 Å². The number of hydrogen-bond donors (Lipinski definition) is 1. The maximum Gasteiger partial charge on any atom is 0.227 e. The van der Waals surface area contributed by atoms with Crippen LogP contribution in [0.2, 0.25) is 0 Å². The maximum atomic E-state index is 11.9. The fraction of sp³-hybridized carbons (Fsp3) is 0.467. The van der Waals surface area contributed by atoms with Crippen LogP contribution in [0.25, 0.3) is 10.2 Å². The lowest BCUT2D eigenvalue weighted by Gasteiger charge is -2.03. The Morgan fingerprint density at radius 2 is 2.21 bits per heavy atom. The number of hydrogen-bond acceptors (Lipinski definition) is 3. The lowest BCUT2D eigenvalue weighted by Crippen LogP contribution is -2.14. The third kappa shape index (κ3) is 2.14. The Bertz CT molecular complexity index is 659. The molecule has 1 heterocycles. The van der Waals surface area contributed by atoms with Crippen molar-refractivity contribution < 1.29 is 4.79 Å². The van der Waals surface area contributed by atoms with Crippen LogP contribution < -0.4 is 5.32 Å².